The Kier molecular flexibility index (Phi) is 5.79. The Morgan fingerprint density at radius 1 is 1.31 bits per heavy atom. The van der Waals surface area contributed by atoms with E-state index in [1.807, 2.05) is 26.0 Å². The van der Waals surface area contributed by atoms with Crippen molar-refractivity contribution in [2.24, 2.45) is 0 Å². The number of hydrogen-bond donors (Lipinski definition) is 2. The molecule has 1 aliphatic heterocycles. The summed E-state index contributed by atoms with van der Waals surface area (Å²) in [6, 6.07) is 7.89. The quantitative estimate of drug-likeness (QED) is 0.809. The molecule has 2 N–H and O–H groups in total. The van der Waals surface area contributed by atoms with Crippen molar-refractivity contribution < 1.29 is 8.42 Å². The van der Waals surface area contributed by atoms with E-state index >= 15 is 0 Å². The van der Waals surface area contributed by atoms with Crippen molar-refractivity contribution in [1.82, 2.24) is 19.0 Å². The average molecular weight is 377 g/mol. The van der Waals surface area contributed by atoms with Gasteiger partial charge in [-0.25, -0.2) is 4.98 Å². The molecular formula is C19H28N4O2S. The second-order valence-corrected chi connectivity index (χ2v) is 8.76. The van der Waals surface area contributed by atoms with Crippen LogP contribution in [0.25, 0.3) is 11.3 Å². The highest BCUT2D eigenvalue weighted by Gasteiger charge is 2.35. The number of benzene rings is 1. The van der Waals surface area contributed by atoms with Gasteiger partial charge in [0.2, 0.25) is 0 Å². The normalized spacial score (nSPS) is 20.2. The van der Waals surface area contributed by atoms with E-state index < -0.39 is 10.2 Å². The zero-order valence-corrected chi connectivity index (χ0v) is 16.5. The molecule has 2 unspecified atom stereocenters. The van der Waals surface area contributed by atoms with E-state index in [-0.39, 0.29) is 12.1 Å². The zero-order chi connectivity index (χ0) is 18.7. The van der Waals surface area contributed by atoms with Gasteiger partial charge < -0.3 is 4.98 Å². The van der Waals surface area contributed by atoms with Crippen molar-refractivity contribution in [3.8, 4) is 11.3 Å². The van der Waals surface area contributed by atoms with Gasteiger partial charge in [0, 0.05) is 12.6 Å². The Morgan fingerprint density at radius 2 is 2.04 bits per heavy atom. The minimum Gasteiger partial charge on any atom is -0.341 e. The van der Waals surface area contributed by atoms with Gasteiger partial charge in [0.05, 0.1) is 17.9 Å². The maximum Gasteiger partial charge on any atom is 0.280 e. The molecule has 7 heteroatoms. The maximum atomic E-state index is 12.8. The summed E-state index contributed by atoms with van der Waals surface area (Å²) in [6.07, 6.45) is 5.21. The molecule has 0 radical (unpaired) electrons. The van der Waals surface area contributed by atoms with E-state index in [1.165, 1.54) is 5.56 Å². The molecule has 1 aliphatic rings. The molecule has 2 atom stereocenters. The minimum atomic E-state index is -3.53. The van der Waals surface area contributed by atoms with Crippen LogP contribution in [0.3, 0.4) is 0 Å². The van der Waals surface area contributed by atoms with Gasteiger partial charge in [-0.15, -0.1) is 0 Å². The van der Waals surface area contributed by atoms with Crippen molar-refractivity contribution in [3.05, 3.63) is 41.9 Å². The van der Waals surface area contributed by atoms with Crippen molar-refractivity contribution in [3.63, 3.8) is 0 Å². The fourth-order valence-corrected chi connectivity index (χ4v) is 4.98. The molecule has 26 heavy (non-hydrogen) atoms. The number of piperidine rings is 1. The number of aromatic amines is 1. The molecule has 1 aromatic carbocycles. The Balaban J connectivity index is 1.85. The molecule has 1 saturated heterocycles. The summed E-state index contributed by atoms with van der Waals surface area (Å²) in [4.78, 5) is 7.86. The van der Waals surface area contributed by atoms with Gasteiger partial charge in [-0.2, -0.15) is 17.4 Å². The Bertz CT molecular complexity index is 829. The second kappa shape index (κ2) is 7.90. The zero-order valence-electron chi connectivity index (χ0n) is 15.7. The monoisotopic (exact) mass is 376 g/mol. The van der Waals surface area contributed by atoms with Gasteiger partial charge in [0.15, 0.2) is 0 Å². The van der Waals surface area contributed by atoms with Crippen molar-refractivity contribution in [2.45, 2.75) is 58.5 Å². The van der Waals surface area contributed by atoms with E-state index in [9.17, 15) is 8.42 Å². The molecule has 1 aromatic heterocycles. The largest absolute Gasteiger partial charge is 0.341 e. The first kappa shape index (κ1) is 19.1. The van der Waals surface area contributed by atoms with E-state index in [2.05, 4.69) is 33.7 Å². The molecule has 2 heterocycles. The molecule has 142 valence electrons. The van der Waals surface area contributed by atoms with Crippen LogP contribution in [0.2, 0.25) is 0 Å². The number of aromatic nitrogens is 2. The molecule has 0 saturated carbocycles. The lowest BCUT2D eigenvalue weighted by Crippen LogP contribution is -2.47. The molecule has 3 rings (SSSR count). The molecule has 2 aromatic rings. The molecule has 0 amide bonds. The van der Waals surface area contributed by atoms with Crippen LogP contribution >= 0.6 is 0 Å². The number of H-pyrrole nitrogens is 1. The Morgan fingerprint density at radius 3 is 2.73 bits per heavy atom. The van der Waals surface area contributed by atoms with Crippen LogP contribution in [0.4, 0.5) is 0 Å². The lowest BCUT2D eigenvalue weighted by Gasteiger charge is -2.34. The molecular weight excluding hydrogens is 348 g/mol. The number of hydrogen-bond acceptors (Lipinski definition) is 3. The highest BCUT2D eigenvalue weighted by Crippen LogP contribution is 2.32. The summed E-state index contributed by atoms with van der Waals surface area (Å²) < 4.78 is 30.0. The standard InChI is InChI=1S/C19H28N4O2S/c1-4-15(3)22-26(24,25)23-12-6-5-7-18(23)19-20-13-17(21-19)16-10-8-14(2)9-11-16/h8-11,13,15,18,22H,4-7,12H2,1-3H3,(H,20,21). The lowest BCUT2D eigenvalue weighted by molar-refractivity contribution is 0.243. The topological polar surface area (TPSA) is 78.1 Å². The van der Waals surface area contributed by atoms with Crippen LogP contribution in [0, 0.1) is 6.92 Å². The summed E-state index contributed by atoms with van der Waals surface area (Å²) in [5, 5.41) is 0. The highest BCUT2D eigenvalue weighted by molar-refractivity contribution is 7.87. The van der Waals surface area contributed by atoms with Crippen LogP contribution in [0.15, 0.2) is 30.5 Å². The maximum absolute atomic E-state index is 12.8. The van der Waals surface area contributed by atoms with Crippen molar-refractivity contribution in [2.75, 3.05) is 6.54 Å². The predicted octanol–water partition coefficient (Wildman–Crippen LogP) is 3.55. The Hall–Kier alpha value is -1.70. The molecule has 0 aliphatic carbocycles. The molecule has 0 bridgehead atoms. The summed E-state index contributed by atoms with van der Waals surface area (Å²) in [5.41, 5.74) is 3.17. The van der Waals surface area contributed by atoms with Crippen LogP contribution in [-0.4, -0.2) is 35.3 Å². The average Bonchev–Trinajstić information content (AvgIpc) is 3.12. The fourth-order valence-electron chi connectivity index (χ4n) is 3.26. The number of nitrogens with one attached hydrogen (secondary N) is 2. The molecule has 6 nitrogen and oxygen atoms in total. The van der Waals surface area contributed by atoms with Crippen LogP contribution < -0.4 is 4.72 Å². The number of imidazole rings is 1. The van der Waals surface area contributed by atoms with Crippen LogP contribution in [0.5, 0.6) is 0 Å². The first-order valence-corrected chi connectivity index (χ1v) is 10.8. The summed E-state index contributed by atoms with van der Waals surface area (Å²) in [5.74, 6) is 0.717. The third kappa shape index (κ3) is 4.16. The third-order valence-corrected chi connectivity index (χ3v) is 6.75. The fraction of sp³-hybridized carbons (Fsp3) is 0.526. The van der Waals surface area contributed by atoms with Gasteiger partial charge in [-0.3, -0.25) is 0 Å². The van der Waals surface area contributed by atoms with Crippen molar-refractivity contribution >= 4 is 10.2 Å². The summed E-state index contributed by atoms with van der Waals surface area (Å²) in [7, 11) is -3.53. The SMILES string of the molecule is CCC(C)NS(=O)(=O)N1CCCCC1c1ncc(-c2ccc(C)cc2)[nH]1. The Labute approximate surface area is 156 Å². The van der Waals surface area contributed by atoms with Gasteiger partial charge in [-0.05, 0) is 38.7 Å². The smallest absolute Gasteiger partial charge is 0.280 e. The van der Waals surface area contributed by atoms with Gasteiger partial charge in [0.1, 0.15) is 5.82 Å². The van der Waals surface area contributed by atoms with E-state index in [0.29, 0.717) is 6.54 Å². The first-order valence-electron chi connectivity index (χ1n) is 9.31. The van der Waals surface area contributed by atoms with Crippen molar-refractivity contribution in [1.29, 1.82) is 0 Å². The number of nitrogens with zero attached hydrogens (tertiary/aromatic N) is 2. The molecule has 0 spiro atoms. The third-order valence-electron chi connectivity index (χ3n) is 5.00. The molecule has 1 fully saturated rings. The van der Waals surface area contributed by atoms with Gasteiger partial charge >= 0.3 is 0 Å². The van der Waals surface area contributed by atoms with Gasteiger partial charge in [0.25, 0.3) is 10.2 Å². The highest BCUT2D eigenvalue weighted by atomic mass is 32.2. The van der Waals surface area contributed by atoms with E-state index in [4.69, 9.17) is 0 Å². The number of aryl methyl sites for hydroxylation is 1. The predicted molar refractivity (Wildman–Crippen MR) is 104 cm³/mol. The van der Waals surface area contributed by atoms with Gasteiger partial charge in [-0.1, -0.05) is 43.2 Å². The minimum absolute atomic E-state index is 0.0812. The number of rotatable bonds is 6. The van der Waals surface area contributed by atoms with Crippen LogP contribution in [0.1, 0.15) is 57.0 Å². The lowest BCUT2D eigenvalue weighted by atomic mass is 10.0. The van der Waals surface area contributed by atoms with E-state index in [1.54, 1.807) is 10.5 Å². The van der Waals surface area contributed by atoms with E-state index in [0.717, 1.165) is 42.8 Å². The summed E-state index contributed by atoms with van der Waals surface area (Å²) >= 11 is 0. The summed E-state index contributed by atoms with van der Waals surface area (Å²) in [6.45, 7) is 6.44. The first-order chi connectivity index (χ1) is 12.4. The van der Waals surface area contributed by atoms with Crippen LogP contribution in [-0.2, 0) is 10.2 Å². The second-order valence-electron chi connectivity index (χ2n) is 7.10.